The highest BCUT2D eigenvalue weighted by atomic mass is 16.4. The third kappa shape index (κ3) is 1.97. The molecule has 0 saturated carbocycles. The lowest BCUT2D eigenvalue weighted by molar-refractivity contribution is 0.0698. The Labute approximate surface area is 116 Å². The Bertz CT molecular complexity index is 799. The van der Waals surface area contributed by atoms with Crippen LogP contribution in [0.3, 0.4) is 0 Å². The van der Waals surface area contributed by atoms with E-state index < -0.39 is 5.97 Å². The van der Waals surface area contributed by atoms with Gasteiger partial charge in [-0.25, -0.2) is 4.79 Å². The SMILES string of the molecule is Cc1cc(Cn2ccc3cccc(C(=O)O)c32)n(C)n1. The van der Waals surface area contributed by atoms with E-state index in [0.717, 1.165) is 22.3 Å². The van der Waals surface area contributed by atoms with Gasteiger partial charge in [0.05, 0.1) is 29.0 Å². The van der Waals surface area contributed by atoms with Crippen LogP contribution in [0.4, 0.5) is 0 Å². The van der Waals surface area contributed by atoms with Gasteiger partial charge in [-0.1, -0.05) is 12.1 Å². The fourth-order valence-corrected chi connectivity index (χ4v) is 2.55. The first kappa shape index (κ1) is 12.5. The summed E-state index contributed by atoms with van der Waals surface area (Å²) in [4.78, 5) is 11.4. The van der Waals surface area contributed by atoms with Crippen molar-refractivity contribution in [3.05, 3.63) is 53.5 Å². The molecule has 2 heterocycles. The molecule has 2 aromatic heterocycles. The first-order valence-electron chi connectivity index (χ1n) is 6.37. The molecule has 5 heteroatoms. The molecule has 1 N–H and O–H groups in total. The van der Waals surface area contributed by atoms with E-state index in [0.29, 0.717) is 12.1 Å². The predicted octanol–water partition coefficient (Wildman–Crippen LogP) is 2.43. The fraction of sp³-hybridized carbons (Fsp3) is 0.200. The van der Waals surface area contributed by atoms with Crippen molar-refractivity contribution < 1.29 is 9.90 Å². The maximum atomic E-state index is 11.4. The van der Waals surface area contributed by atoms with Gasteiger partial charge in [-0.05, 0) is 25.1 Å². The third-order valence-corrected chi connectivity index (χ3v) is 3.45. The van der Waals surface area contributed by atoms with Gasteiger partial charge in [-0.2, -0.15) is 5.10 Å². The van der Waals surface area contributed by atoms with Crippen LogP contribution in [0.5, 0.6) is 0 Å². The summed E-state index contributed by atoms with van der Waals surface area (Å²) in [6.07, 6.45) is 1.92. The van der Waals surface area contributed by atoms with E-state index in [-0.39, 0.29) is 0 Å². The van der Waals surface area contributed by atoms with Crippen molar-refractivity contribution in [2.24, 2.45) is 7.05 Å². The summed E-state index contributed by atoms with van der Waals surface area (Å²) in [5.74, 6) is -0.906. The molecule has 3 aromatic rings. The van der Waals surface area contributed by atoms with Crippen molar-refractivity contribution in [2.75, 3.05) is 0 Å². The average molecular weight is 269 g/mol. The molecule has 5 nitrogen and oxygen atoms in total. The van der Waals surface area contributed by atoms with Gasteiger partial charge in [-0.15, -0.1) is 0 Å². The van der Waals surface area contributed by atoms with E-state index in [9.17, 15) is 9.90 Å². The summed E-state index contributed by atoms with van der Waals surface area (Å²) in [7, 11) is 1.89. The Morgan fingerprint density at radius 1 is 1.35 bits per heavy atom. The van der Waals surface area contributed by atoms with Gasteiger partial charge in [-0.3, -0.25) is 4.68 Å². The zero-order chi connectivity index (χ0) is 14.3. The molecule has 0 aliphatic rings. The number of aromatic carboxylic acids is 1. The van der Waals surface area contributed by atoms with Crippen LogP contribution in [-0.2, 0) is 13.6 Å². The number of benzene rings is 1. The van der Waals surface area contributed by atoms with Crippen molar-refractivity contribution in [3.8, 4) is 0 Å². The van der Waals surface area contributed by atoms with Crippen LogP contribution in [0.1, 0.15) is 21.7 Å². The molecule has 0 bridgehead atoms. The van der Waals surface area contributed by atoms with Crippen LogP contribution >= 0.6 is 0 Å². The lowest BCUT2D eigenvalue weighted by Gasteiger charge is -2.08. The van der Waals surface area contributed by atoms with Crippen LogP contribution < -0.4 is 0 Å². The first-order valence-corrected chi connectivity index (χ1v) is 6.37. The molecule has 0 atom stereocenters. The molecule has 102 valence electrons. The van der Waals surface area contributed by atoms with Crippen LogP contribution in [0.2, 0.25) is 0 Å². The van der Waals surface area contributed by atoms with Gasteiger partial charge in [0.1, 0.15) is 0 Å². The van der Waals surface area contributed by atoms with Gasteiger partial charge in [0.2, 0.25) is 0 Å². The minimum absolute atomic E-state index is 0.325. The highest BCUT2D eigenvalue weighted by Crippen LogP contribution is 2.21. The molecule has 0 fully saturated rings. The number of nitrogens with zero attached hydrogens (tertiary/aromatic N) is 3. The van der Waals surface area contributed by atoms with Crippen LogP contribution in [0, 0.1) is 6.92 Å². The number of carboxylic acids is 1. The number of carbonyl (C=O) groups is 1. The lowest BCUT2D eigenvalue weighted by Crippen LogP contribution is -2.07. The third-order valence-electron chi connectivity index (χ3n) is 3.45. The van der Waals surface area contributed by atoms with Gasteiger partial charge < -0.3 is 9.67 Å². The largest absolute Gasteiger partial charge is 0.478 e. The second kappa shape index (κ2) is 4.52. The van der Waals surface area contributed by atoms with E-state index in [2.05, 4.69) is 5.10 Å². The summed E-state index contributed by atoms with van der Waals surface area (Å²) in [5.41, 5.74) is 3.07. The minimum atomic E-state index is -0.906. The van der Waals surface area contributed by atoms with Crippen LogP contribution in [-0.4, -0.2) is 25.4 Å². The van der Waals surface area contributed by atoms with Gasteiger partial charge in [0.15, 0.2) is 0 Å². The summed E-state index contributed by atoms with van der Waals surface area (Å²) < 4.78 is 3.78. The smallest absolute Gasteiger partial charge is 0.337 e. The molecule has 3 rings (SSSR count). The average Bonchev–Trinajstić information content (AvgIpc) is 2.94. The standard InChI is InChI=1S/C15H15N3O2/c1-10-8-12(17(2)16-10)9-18-7-6-11-4-3-5-13(14(11)18)15(19)20/h3-8H,9H2,1-2H3,(H,19,20). The van der Waals surface area contributed by atoms with E-state index in [4.69, 9.17) is 0 Å². The second-order valence-corrected chi connectivity index (χ2v) is 4.89. The number of para-hydroxylation sites is 1. The number of aryl methyl sites for hydroxylation is 2. The zero-order valence-electron chi connectivity index (χ0n) is 11.4. The second-order valence-electron chi connectivity index (χ2n) is 4.89. The van der Waals surface area contributed by atoms with Crippen molar-refractivity contribution >= 4 is 16.9 Å². The topological polar surface area (TPSA) is 60.1 Å². The normalized spacial score (nSPS) is 11.1. The van der Waals surface area contributed by atoms with E-state index in [1.165, 1.54) is 0 Å². The van der Waals surface area contributed by atoms with E-state index in [1.54, 1.807) is 12.1 Å². The molecular weight excluding hydrogens is 254 g/mol. The molecule has 0 amide bonds. The Balaban J connectivity index is 2.12. The number of fused-ring (bicyclic) bond motifs is 1. The maximum Gasteiger partial charge on any atom is 0.337 e. The molecular formula is C15H15N3O2. The molecule has 0 unspecified atom stereocenters. The van der Waals surface area contributed by atoms with Crippen LogP contribution in [0.15, 0.2) is 36.5 Å². The van der Waals surface area contributed by atoms with Crippen molar-refractivity contribution in [2.45, 2.75) is 13.5 Å². The Morgan fingerprint density at radius 2 is 2.15 bits per heavy atom. The number of aromatic nitrogens is 3. The monoisotopic (exact) mass is 269 g/mol. The zero-order valence-corrected chi connectivity index (χ0v) is 11.4. The first-order chi connectivity index (χ1) is 9.56. The van der Waals surface area contributed by atoms with Gasteiger partial charge >= 0.3 is 5.97 Å². The van der Waals surface area contributed by atoms with Crippen LogP contribution in [0.25, 0.3) is 10.9 Å². The highest BCUT2D eigenvalue weighted by Gasteiger charge is 2.13. The Kier molecular flexibility index (Phi) is 2.82. The molecule has 1 aromatic carbocycles. The summed E-state index contributed by atoms with van der Waals surface area (Å²) >= 11 is 0. The number of hydrogen-bond acceptors (Lipinski definition) is 2. The fourth-order valence-electron chi connectivity index (χ4n) is 2.55. The molecule has 0 spiro atoms. The summed E-state index contributed by atoms with van der Waals surface area (Å²) in [6.45, 7) is 2.55. The molecule has 0 radical (unpaired) electrons. The van der Waals surface area contributed by atoms with Crippen molar-refractivity contribution in [3.63, 3.8) is 0 Å². The van der Waals surface area contributed by atoms with E-state index >= 15 is 0 Å². The predicted molar refractivity (Wildman–Crippen MR) is 75.9 cm³/mol. The van der Waals surface area contributed by atoms with E-state index in [1.807, 2.05) is 47.6 Å². The molecule has 0 saturated heterocycles. The Hall–Kier alpha value is -2.56. The number of carboxylic acid groups (broad SMARTS) is 1. The summed E-state index contributed by atoms with van der Waals surface area (Å²) in [6, 6.07) is 9.27. The maximum absolute atomic E-state index is 11.4. The van der Waals surface area contributed by atoms with Gasteiger partial charge in [0.25, 0.3) is 0 Å². The highest BCUT2D eigenvalue weighted by molar-refractivity contribution is 6.02. The number of rotatable bonds is 3. The van der Waals surface area contributed by atoms with Crippen molar-refractivity contribution in [1.82, 2.24) is 14.3 Å². The van der Waals surface area contributed by atoms with Gasteiger partial charge in [0, 0.05) is 18.6 Å². The Morgan fingerprint density at radius 3 is 2.80 bits per heavy atom. The quantitative estimate of drug-likeness (QED) is 0.794. The molecule has 20 heavy (non-hydrogen) atoms. The molecule has 0 aliphatic carbocycles. The molecule has 0 aliphatic heterocycles. The lowest BCUT2D eigenvalue weighted by atomic mass is 10.1. The minimum Gasteiger partial charge on any atom is -0.478 e. The summed E-state index contributed by atoms with van der Waals surface area (Å²) in [5, 5.41) is 14.6. The number of hydrogen-bond donors (Lipinski definition) is 1. The van der Waals surface area contributed by atoms with Crippen molar-refractivity contribution in [1.29, 1.82) is 0 Å².